The number of fused-ring (bicyclic) bond motifs is 1. The first-order valence-electron chi connectivity index (χ1n) is 6.25. The van der Waals surface area contributed by atoms with Crippen LogP contribution in [-0.2, 0) is 0 Å². The number of hydrogen-bond acceptors (Lipinski definition) is 1. The molecule has 0 spiro atoms. The maximum absolute atomic E-state index is 13.3. The van der Waals surface area contributed by atoms with Crippen molar-refractivity contribution in [2.45, 2.75) is 0 Å². The highest BCUT2D eigenvalue weighted by molar-refractivity contribution is 9.10. The van der Waals surface area contributed by atoms with E-state index in [1.807, 2.05) is 24.3 Å². The molecule has 0 heterocycles. The van der Waals surface area contributed by atoms with Crippen LogP contribution in [0, 0.1) is 11.6 Å². The van der Waals surface area contributed by atoms with Gasteiger partial charge in [-0.05, 0) is 41.1 Å². The third-order valence-electron chi connectivity index (χ3n) is 3.30. The number of halogens is 3. The second-order valence-corrected chi connectivity index (χ2v) is 5.45. The normalized spacial score (nSPS) is 10.8. The van der Waals surface area contributed by atoms with Crippen LogP contribution in [0.15, 0.2) is 59.1 Å². The molecule has 0 N–H and O–H groups in total. The summed E-state index contributed by atoms with van der Waals surface area (Å²) in [5.74, 6) is -2.33. The topological polar surface area (TPSA) is 17.1 Å². The van der Waals surface area contributed by atoms with Crippen molar-refractivity contribution in [1.82, 2.24) is 0 Å². The molecule has 0 saturated carbocycles. The molecule has 4 heteroatoms. The van der Waals surface area contributed by atoms with E-state index < -0.39 is 11.6 Å². The maximum atomic E-state index is 13.3. The fraction of sp³-hybridized carbons (Fsp3) is 0. The third-order valence-corrected chi connectivity index (χ3v) is 3.99. The van der Waals surface area contributed by atoms with Gasteiger partial charge in [0.1, 0.15) is 0 Å². The molecule has 0 unspecified atom stereocenters. The van der Waals surface area contributed by atoms with Gasteiger partial charge in [0.2, 0.25) is 0 Å². The zero-order valence-corrected chi connectivity index (χ0v) is 12.3. The number of ketones is 1. The minimum Gasteiger partial charge on any atom is -0.289 e. The van der Waals surface area contributed by atoms with Gasteiger partial charge in [-0.15, -0.1) is 0 Å². The van der Waals surface area contributed by atoms with Crippen LogP contribution in [0.3, 0.4) is 0 Å². The SMILES string of the molecule is O=C(c1ccc(F)c(F)c1)c1ccc(Br)c2ccccc12. The predicted octanol–water partition coefficient (Wildman–Crippen LogP) is 5.11. The molecule has 3 rings (SSSR count). The molecular formula is C17H9BrF2O. The average Bonchev–Trinajstić information content (AvgIpc) is 2.50. The lowest BCUT2D eigenvalue weighted by molar-refractivity contribution is 0.103. The molecule has 0 aliphatic rings. The molecule has 104 valence electrons. The molecule has 0 aromatic heterocycles. The van der Waals surface area contributed by atoms with E-state index in [2.05, 4.69) is 15.9 Å². The van der Waals surface area contributed by atoms with Gasteiger partial charge in [-0.1, -0.05) is 40.2 Å². The third kappa shape index (κ3) is 2.47. The second kappa shape index (κ2) is 5.37. The molecule has 3 aromatic carbocycles. The fourth-order valence-electron chi connectivity index (χ4n) is 2.25. The molecular weight excluding hydrogens is 338 g/mol. The summed E-state index contributed by atoms with van der Waals surface area (Å²) in [7, 11) is 0. The number of benzene rings is 3. The van der Waals surface area contributed by atoms with Gasteiger partial charge in [0.05, 0.1) is 0 Å². The summed E-state index contributed by atoms with van der Waals surface area (Å²) in [5.41, 5.74) is 0.584. The number of hydrogen-bond donors (Lipinski definition) is 0. The summed E-state index contributed by atoms with van der Waals surface area (Å²) in [6.07, 6.45) is 0. The lowest BCUT2D eigenvalue weighted by atomic mass is 9.97. The molecule has 0 atom stereocenters. The van der Waals surface area contributed by atoms with Gasteiger partial charge < -0.3 is 0 Å². The van der Waals surface area contributed by atoms with Gasteiger partial charge in [0.15, 0.2) is 17.4 Å². The Morgan fingerprint density at radius 3 is 2.29 bits per heavy atom. The van der Waals surface area contributed by atoms with Crippen molar-refractivity contribution in [3.63, 3.8) is 0 Å². The number of carbonyl (C=O) groups excluding carboxylic acids is 1. The van der Waals surface area contributed by atoms with Crippen LogP contribution >= 0.6 is 15.9 Å². The van der Waals surface area contributed by atoms with Gasteiger partial charge in [0, 0.05) is 15.6 Å². The van der Waals surface area contributed by atoms with Crippen molar-refractivity contribution in [1.29, 1.82) is 0 Å². The molecule has 21 heavy (non-hydrogen) atoms. The summed E-state index contributed by atoms with van der Waals surface area (Å²) in [4.78, 5) is 12.5. The molecule has 0 radical (unpaired) electrons. The van der Waals surface area contributed by atoms with E-state index in [4.69, 9.17) is 0 Å². The molecule has 3 aromatic rings. The van der Waals surface area contributed by atoms with Crippen LogP contribution < -0.4 is 0 Å². The van der Waals surface area contributed by atoms with E-state index in [-0.39, 0.29) is 11.3 Å². The minimum atomic E-state index is -1.03. The van der Waals surface area contributed by atoms with E-state index in [0.29, 0.717) is 5.56 Å². The fourth-order valence-corrected chi connectivity index (χ4v) is 2.73. The minimum absolute atomic E-state index is 0.126. The van der Waals surface area contributed by atoms with Crippen LogP contribution in [0.5, 0.6) is 0 Å². The van der Waals surface area contributed by atoms with Crippen LogP contribution in [0.4, 0.5) is 8.78 Å². The molecule has 0 aliphatic carbocycles. The Bertz CT molecular complexity index is 859. The van der Waals surface area contributed by atoms with Crippen LogP contribution in [0.1, 0.15) is 15.9 Å². The maximum Gasteiger partial charge on any atom is 0.193 e. The van der Waals surface area contributed by atoms with Crippen LogP contribution in [-0.4, -0.2) is 5.78 Å². The predicted molar refractivity (Wildman–Crippen MR) is 81.4 cm³/mol. The second-order valence-electron chi connectivity index (χ2n) is 4.60. The molecule has 0 fully saturated rings. The summed E-state index contributed by atoms with van der Waals surface area (Å²) in [6.45, 7) is 0. The van der Waals surface area contributed by atoms with Gasteiger partial charge in [0.25, 0.3) is 0 Å². The zero-order valence-electron chi connectivity index (χ0n) is 10.7. The highest BCUT2D eigenvalue weighted by Gasteiger charge is 2.15. The van der Waals surface area contributed by atoms with Gasteiger partial charge in [-0.3, -0.25) is 4.79 Å². The Morgan fingerprint density at radius 2 is 1.57 bits per heavy atom. The largest absolute Gasteiger partial charge is 0.289 e. The standard InChI is InChI=1S/C17H9BrF2O/c18-14-7-6-13(11-3-1-2-4-12(11)14)17(21)10-5-8-15(19)16(20)9-10/h1-9H. The molecule has 1 nitrogen and oxygen atoms in total. The Balaban J connectivity index is 2.18. The molecule has 0 saturated heterocycles. The Kier molecular flexibility index (Phi) is 3.55. The summed E-state index contributed by atoms with van der Waals surface area (Å²) >= 11 is 3.44. The number of carbonyl (C=O) groups is 1. The van der Waals surface area contributed by atoms with Crippen molar-refractivity contribution in [3.8, 4) is 0 Å². The van der Waals surface area contributed by atoms with Crippen LogP contribution in [0.2, 0.25) is 0 Å². The van der Waals surface area contributed by atoms with Gasteiger partial charge >= 0.3 is 0 Å². The molecule has 0 bridgehead atoms. The first-order chi connectivity index (χ1) is 10.1. The highest BCUT2D eigenvalue weighted by Crippen LogP contribution is 2.28. The summed E-state index contributed by atoms with van der Waals surface area (Å²) in [6, 6.07) is 14.0. The van der Waals surface area contributed by atoms with E-state index in [1.54, 1.807) is 12.1 Å². The van der Waals surface area contributed by atoms with Crippen LogP contribution in [0.25, 0.3) is 10.8 Å². The summed E-state index contributed by atoms with van der Waals surface area (Å²) in [5, 5.41) is 1.66. The molecule has 0 amide bonds. The van der Waals surface area contributed by atoms with Crippen molar-refractivity contribution < 1.29 is 13.6 Å². The van der Waals surface area contributed by atoms with Gasteiger partial charge in [-0.2, -0.15) is 0 Å². The lowest BCUT2D eigenvalue weighted by Crippen LogP contribution is -2.03. The lowest BCUT2D eigenvalue weighted by Gasteiger charge is -2.08. The van der Waals surface area contributed by atoms with Gasteiger partial charge in [-0.25, -0.2) is 8.78 Å². The van der Waals surface area contributed by atoms with Crippen molar-refractivity contribution in [2.24, 2.45) is 0 Å². The monoisotopic (exact) mass is 346 g/mol. The Morgan fingerprint density at radius 1 is 0.857 bits per heavy atom. The zero-order chi connectivity index (χ0) is 15.0. The molecule has 0 aliphatic heterocycles. The highest BCUT2D eigenvalue weighted by atomic mass is 79.9. The van der Waals surface area contributed by atoms with Crippen molar-refractivity contribution in [3.05, 3.63) is 81.8 Å². The quantitative estimate of drug-likeness (QED) is 0.589. The number of rotatable bonds is 2. The first kappa shape index (κ1) is 13.9. The van der Waals surface area contributed by atoms with E-state index in [1.165, 1.54) is 6.07 Å². The van der Waals surface area contributed by atoms with E-state index >= 15 is 0 Å². The van der Waals surface area contributed by atoms with Crippen molar-refractivity contribution in [2.75, 3.05) is 0 Å². The smallest absolute Gasteiger partial charge is 0.193 e. The van der Waals surface area contributed by atoms with E-state index in [9.17, 15) is 13.6 Å². The van der Waals surface area contributed by atoms with Crippen molar-refractivity contribution >= 4 is 32.5 Å². The Labute approximate surface area is 128 Å². The first-order valence-corrected chi connectivity index (χ1v) is 7.04. The average molecular weight is 347 g/mol. The van der Waals surface area contributed by atoms with E-state index in [0.717, 1.165) is 27.4 Å². The summed E-state index contributed by atoms with van der Waals surface area (Å²) < 4.78 is 27.2. The Hall–Kier alpha value is -2.07.